The van der Waals surface area contributed by atoms with E-state index in [1.165, 1.54) is 11.6 Å². The highest BCUT2D eigenvalue weighted by molar-refractivity contribution is 6.06. The number of allylic oxidation sites excluding steroid dienone is 1. The zero-order valence-electron chi connectivity index (χ0n) is 17.2. The number of amides is 2. The Labute approximate surface area is 170 Å². The normalized spacial score (nSPS) is 21.4. The van der Waals surface area contributed by atoms with Crippen molar-refractivity contribution in [1.29, 1.82) is 0 Å². The first kappa shape index (κ1) is 19.4. The van der Waals surface area contributed by atoms with Crippen LogP contribution < -0.4 is 5.56 Å². The number of piperidine rings is 1. The molecule has 0 N–H and O–H groups in total. The first-order valence-corrected chi connectivity index (χ1v) is 10.2. The number of pyridine rings is 1. The van der Waals surface area contributed by atoms with Crippen LogP contribution >= 0.6 is 0 Å². The molecule has 3 aliphatic heterocycles. The second-order valence-corrected chi connectivity index (χ2v) is 8.38. The van der Waals surface area contributed by atoms with Crippen molar-refractivity contribution in [2.75, 3.05) is 19.6 Å². The molecule has 5 rings (SSSR count). The van der Waals surface area contributed by atoms with E-state index in [9.17, 15) is 14.4 Å². The van der Waals surface area contributed by atoms with Crippen LogP contribution in [0.15, 0.2) is 46.8 Å². The minimum atomic E-state index is -0.203. The Bertz CT molecular complexity index is 1060. The van der Waals surface area contributed by atoms with E-state index in [1.807, 2.05) is 43.0 Å². The molecule has 3 aliphatic rings. The van der Waals surface area contributed by atoms with Crippen LogP contribution in [0.2, 0.25) is 0 Å². The predicted octanol–water partition coefficient (Wildman–Crippen LogP) is 2.57. The molecule has 1 aromatic carbocycles. The molecule has 152 valence electrons. The van der Waals surface area contributed by atoms with Gasteiger partial charge in [0.25, 0.3) is 11.5 Å². The molecule has 0 aliphatic carbocycles. The molecule has 29 heavy (non-hydrogen) atoms. The van der Waals surface area contributed by atoms with Gasteiger partial charge in [0.15, 0.2) is 0 Å². The van der Waals surface area contributed by atoms with E-state index in [-0.39, 0.29) is 29.3 Å². The minimum absolute atomic E-state index is 0.0265. The number of rotatable bonds is 3. The molecule has 2 amide bonds. The van der Waals surface area contributed by atoms with Crippen molar-refractivity contribution in [1.82, 2.24) is 14.4 Å². The van der Waals surface area contributed by atoms with Gasteiger partial charge in [0, 0.05) is 44.2 Å². The Morgan fingerprint density at radius 1 is 1.14 bits per heavy atom. The molecule has 2 aromatic rings. The summed E-state index contributed by atoms with van der Waals surface area (Å²) in [5, 5.41) is 0.768. The highest BCUT2D eigenvalue weighted by atomic mass is 16.2. The Hall–Kier alpha value is -2.89. The molecule has 6 heteroatoms. The van der Waals surface area contributed by atoms with Gasteiger partial charge < -0.3 is 14.4 Å². The van der Waals surface area contributed by atoms with E-state index in [0.29, 0.717) is 25.2 Å². The summed E-state index contributed by atoms with van der Waals surface area (Å²) in [7, 11) is 1.71. The van der Waals surface area contributed by atoms with Crippen molar-refractivity contribution in [2.45, 2.75) is 32.7 Å². The second-order valence-electron chi connectivity index (χ2n) is 8.38. The van der Waals surface area contributed by atoms with Gasteiger partial charge in [0.2, 0.25) is 5.91 Å². The van der Waals surface area contributed by atoms with Crippen LogP contribution in [-0.2, 0) is 11.8 Å². The summed E-state index contributed by atoms with van der Waals surface area (Å²) >= 11 is 0. The minimum Gasteiger partial charge on any atom is -0.336 e. The van der Waals surface area contributed by atoms with Gasteiger partial charge in [-0.25, -0.2) is 0 Å². The maximum atomic E-state index is 13.5. The van der Waals surface area contributed by atoms with Crippen LogP contribution in [0.5, 0.6) is 0 Å². The lowest BCUT2D eigenvalue weighted by Crippen LogP contribution is -2.48. The molecule has 6 nitrogen and oxygen atoms in total. The van der Waals surface area contributed by atoms with Gasteiger partial charge in [-0.05, 0) is 32.8 Å². The van der Waals surface area contributed by atoms with Crippen molar-refractivity contribution >= 4 is 22.7 Å². The molecule has 2 bridgehead atoms. The van der Waals surface area contributed by atoms with Crippen LogP contribution in [0.3, 0.4) is 0 Å². The third-order valence-electron chi connectivity index (χ3n) is 6.16. The highest BCUT2D eigenvalue weighted by Gasteiger charge is 2.41. The van der Waals surface area contributed by atoms with Gasteiger partial charge in [-0.15, -0.1) is 0 Å². The lowest BCUT2D eigenvalue weighted by atomic mass is 9.94. The Balaban J connectivity index is 1.69. The smallest absolute Gasteiger partial charge is 0.254 e. The third kappa shape index (κ3) is 3.48. The number of para-hydroxylation sites is 1. The van der Waals surface area contributed by atoms with Crippen molar-refractivity contribution < 1.29 is 9.59 Å². The summed E-state index contributed by atoms with van der Waals surface area (Å²) in [6, 6.07) is 8.92. The van der Waals surface area contributed by atoms with Crippen LogP contribution in [0.25, 0.3) is 10.9 Å². The van der Waals surface area contributed by atoms with E-state index >= 15 is 0 Å². The highest BCUT2D eigenvalue weighted by Crippen LogP contribution is 2.30. The van der Waals surface area contributed by atoms with Crippen LogP contribution in [-0.4, -0.2) is 51.9 Å². The van der Waals surface area contributed by atoms with Crippen LogP contribution in [0.4, 0.5) is 0 Å². The van der Waals surface area contributed by atoms with Gasteiger partial charge >= 0.3 is 0 Å². The quantitative estimate of drug-likeness (QED) is 0.753. The summed E-state index contributed by atoms with van der Waals surface area (Å²) in [6.07, 6.45) is 3.79. The summed E-state index contributed by atoms with van der Waals surface area (Å²) in [5.74, 6) is -0.184. The molecule has 0 saturated carbocycles. The van der Waals surface area contributed by atoms with Crippen molar-refractivity contribution in [3.05, 3.63) is 57.9 Å². The maximum Gasteiger partial charge on any atom is 0.254 e. The Morgan fingerprint density at radius 2 is 1.90 bits per heavy atom. The van der Waals surface area contributed by atoms with Gasteiger partial charge in [-0.3, -0.25) is 14.4 Å². The standard InChI is InChI=1S/C23H27N3O3/c1-15(2)10-11-26-17-9-8-16(22(26)28)13-25(14-17)23(29)19-12-21(27)24(3)20-7-5-4-6-18(19)20/h4-7,10,12,16-17H,8-9,11,13-14H2,1-3H3/t16-,17+/m1/s1. The van der Waals surface area contributed by atoms with E-state index in [0.717, 1.165) is 23.7 Å². The van der Waals surface area contributed by atoms with E-state index in [2.05, 4.69) is 6.08 Å². The fourth-order valence-electron chi connectivity index (χ4n) is 4.49. The van der Waals surface area contributed by atoms with Crippen LogP contribution in [0, 0.1) is 5.92 Å². The van der Waals surface area contributed by atoms with E-state index in [1.54, 1.807) is 16.5 Å². The van der Waals surface area contributed by atoms with Gasteiger partial charge in [0.1, 0.15) is 0 Å². The number of carbonyl (C=O) groups excluding carboxylic acids is 2. The summed E-state index contributed by atoms with van der Waals surface area (Å²) in [5.41, 5.74) is 2.14. The van der Waals surface area contributed by atoms with Gasteiger partial charge in [-0.1, -0.05) is 29.8 Å². The first-order valence-electron chi connectivity index (χ1n) is 10.2. The lowest BCUT2D eigenvalue weighted by Gasteiger charge is -2.35. The molecular formula is C23H27N3O3. The topological polar surface area (TPSA) is 62.6 Å². The largest absolute Gasteiger partial charge is 0.336 e. The lowest BCUT2D eigenvalue weighted by molar-refractivity contribution is -0.139. The molecular weight excluding hydrogens is 366 g/mol. The van der Waals surface area contributed by atoms with Crippen molar-refractivity contribution in [3.63, 3.8) is 0 Å². The van der Waals surface area contributed by atoms with Crippen molar-refractivity contribution in [3.8, 4) is 0 Å². The third-order valence-corrected chi connectivity index (χ3v) is 6.16. The zero-order chi connectivity index (χ0) is 20.7. The summed E-state index contributed by atoms with van der Waals surface area (Å²) in [4.78, 5) is 42.5. The van der Waals surface area contributed by atoms with Gasteiger partial charge in [-0.2, -0.15) is 0 Å². The fourth-order valence-corrected chi connectivity index (χ4v) is 4.49. The molecule has 0 spiro atoms. The number of hydrogen-bond donors (Lipinski definition) is 0. The SMILES string of the molecule is CC(C)=CCN1C(=O)[C@@H]2CC[C@H]1CN(C(=O)c1cc(=O)n(C)c3ccccc13)C2. The number of nitrogens with zero attached hydrogens (tertiary/aromatic N) is 3. The molecule has 3 fully saturated rings. The molecule has 1 aromatic heterocycles. The average molecular weight is 393 g/mol. The monoisotopic (exact) mass is 393 g/mol. The Kier molecular flexibility index (Phi) is 5.03. The summed E-state index contributed by atoms with van der Waals surface area (Å²) in [6.45, 7) is 5.58. The van der Waals surface area contributed by atoms with E-state index < -0.39 is 0 Å². The maximum absolute atomic E-state index is 13.5. The van der Waals surface area contributed by atoms with E-state index in [4.69, 9.17) is 0 Å². The number of aryl methyl sites for hydroxylation is 1. The predicted molar refractivity (Wildman–Crippen MR) is 113 cm³/mol. The molecule has 0 radical (unpaired) electrons. The zero-order valence-corrected chi connectivity index (χ0v) is 17.2. The molecule has 3 saturated heterocycles. The first-order chi connectivity index (χ1) is 13.9. The molecule has 0 unspecified atom stereocenters. The second kappa shape index (κ2) is 7.50. The number of carbonyl (C=O) groups is 2. The molecule has 2 atom stereocenters. The Morgan fingerprint density at radius 3 is 2.66 bits per heavy atom. The van der Waals surface area contributed by atoms with Gasteiger partial charge in [0.05, 0.1) is 17.0 Å². The number of fused-ring (bicyclic) bond motifs is 5. The number of hydrogen-bond acceptors (Lipinski definition) is 3. The number of aromatic nitrogens is 1. The average Bonchev–Trinajstić information content (AvgIpc) is 3.00. The number of benzene rings is 1. The van der Waals surface area contributed by atoms with Crippen molar-refractivity contribution in [2.24, 2.45) is 13.0 Å². The van der Waals surface area contributed by atoms with Crippen LogP contribution in [0.1, 0.15) is 37.0 Å². The fraction of sp³-hybridized carbons (Fsp3) is 0.435. The summed E-state index contributed by atoms with van der Waals surface area (Å²) < 4.78 is 1.56. The molecule has 4 heterocycles.